The lowest BCUT2D eigenvalue weighted by atomic mass is 10.1. The summed E-state index contributed by atoms with van der Waals surface area (Å²) < 4.78 is 52.8. The average Bonchev–Trinajstić information content (AvgIpc) is 3.54. The van der Waals surface area contributed by atoms with E-state index < -0.39 is 17.8 Å². The smallest absolute Gasteiger partial charge is 0.433 e. The van der Waals surface area contributed by atoms with Crippen LogP contribution in [0.25, 0.3) is 16.9 Å². The predicted octanol–water partition coefficient (Wildman–Crippen LogP) is 3.36. The normalized spacial score (nSPS) is 18.2. The Morgan fingerprint density at radius 3 is 2.82 bits per heavy atom. The maximum absolute atomic E-state index is 13.8. The topological polar surface area (TPSA) is 81.0 Å². The van der Waals surface area contributed by atoms with E-state index in [1.165, 1.54) is 6.07 Å². The van der Waals surface area contributed by atoms with Crippen molar-refractivity contribution < 1.29 is 27.4 Å². The summed E-state index contributed by atoms with van der Waals surface area (Å²) in [5.41, 5.74) is -0.687. The molecule has 1 saturated heterocycles. The van der Waals surface area contributed by atoms with Gasteiger partial charge < -0.3 is 14.8 Å². The van der Waals surface area contributed by atoms with Crippen LogP contribution in [0.1, 0.15) is 35.9 Å². The molecular weight excluding hydrogens is 439 g/mol. The second-order valence-electron chi connectivity index (χ2n) is 8.03. The van der Waals surface area contributed by atoms with Crippen LogP contribution in [0.3, 0.4) is 0 Å². The standard InChI is InChI=1S/C22H22F3N5O3/c1-2-29-7-3-4-14(29)11-26-21(31)16-10-20-27-15(9-19(22(23,24)25)30(20)28-16)13-5-6-17-18(8-13)33-12-32-17/h5-6,8-10,14H,2-4,7,11-12H2,1H3,(H,26,31)/t14-/m1/s1. The van der Waals surface area contributed by atoms with Gasteiger partial charge in [-0.3, -0.25) is 9.69 Å². The van der Waals surface area contributed by atoms with Crippen molar-refractivity contribution in [1.29, 1.82) is 0 Å². The van der Waals surface area contributed by atoms with Gasteiger partial charge in [0.15, 0.2) is 28.5 Å². The number of carbonyl (C=O) groups excluding carboxylic acids is 1. The van der Waals surface area contributed by atoms with Gasteiger partial charge in [0.2, 0.25) is 6.79 Å². The highest BCUT2D eigenvalue weighted by Gasteiger charge is 2.36. The van der Waals surface area contributed by atoms with Crippen LogP contribution in [0.5, 0.6) is 11.5 Å². The largest absolute Gasteiger partial charge is 0.454 e. The van der Waals surface area contributed by atoms with Crippen LogP contribution in [0.15, 0.2) is 30.3 Å². The van der Waals surface area contributed by atoms with Gasteiger partial charge in [0.25, 0.3) is 5.91 Å². The third-order valence-electron chi connectivity index (χ3n) is 6.02. The quantitative estimate of drug-likeness (QED) is 0.628. The predicted molar refractivity (Wildman–Crippen MR) is 112 cm³/mol. The highest BCUT2D eigenvalue weighted by molar-refractivity contribution is 5.93. The molecule has 11 heteroatoms. The van der Waals surface area contributed by atoms with Crippen molar-refractivity contribution in [1.82, 2.24) is 24.8 Å². The monoisotopic (exact) mass is 461 g/mol. The van der Waals surface area contributed by atoms with E-state index in [4.69, 9.17) is 9.47 Å². The molecule has 2 aliphatic heterocycles. The van der Waals surface area contributed by atoms with E-state index in [0.29, 0.717) is 28.1 Å². The summed E-state index contributed by atoms with van der Waals surface area (Å²) in [4.78, 5) is 19.3. The number of nitrogens with zero attached hydrogens (tertiary/aromatic N) is 4. The lowest BCUT2D eigenvalue weighted by Crippen LogP contribution is -2.40. The minimum absolute atomic E-state index is 0.0526. The number of amides is 1. The first-order valence-corrected chi connectivity index (χ1v) is 10.7. The summed E-state index contributed by atoms with van der Waals surface area (Å²) in [6.07, 6.45) is -2.67. The number of likely N-dealkylation sites (N-methyl/N-ethyl adjacent to an activating group) is 1. The first-order chi connectivity index (χ1) is 15.8. The fourth-order valence-corrected chi connectivity index (χ4v) is 4.33. The highest BCUT2D eigenvalue weighted by Crippen LogP contribution is 2.37. The highest BCUT2D eigenvalue weighted by atomic mass is 19.4. The molecule has 2 aliphatic rings. The zero-order chi connectivity index (χ0) is 23.2. The van der Waals surface area contributed by atoms with Gasteiger partial charge in [-0.1, -0.05) is 6.92 Å². The molecule has 0 radical (unpaired) electrons. The maximum atomic E-state index is 13.8. The van der Waals surface area contributed by atoms with E-state index in [1.54, 1.807) is 18.2 Å². The van der Waals surface area contributed by atoms with Gasteiger partial charge in [0.1, 0.15) is 0 Å². The van der Waals surface area contributed by atoms with Crippen molar-refractivity contribution in [3.05, 3.63) is 41.7 Å². The number of benzene rings is 1. The fourth-order valence-electron chi connectivity index (χ4n) is 4.33. The molecule has 174 valence electrons. The third kappa shape index (κ3) is 4.08. The van der Waals surface area contributed by atoms with Gasteiger partial charge >= 0.3 is 6.18 Å². The van der Waals surface area contributed by atoms with Crippen molar-refractivity contribution in [2.45, 2.75) is 32.0 Å². The minimum atomic E-state index is -4.70. The number of halogens is 3. The summed E-state index contributed by atoms with van der Waals surface area (Å²) in [5, 5.41) is 6.72. The number of likely N-dealkylation sites (tertiary alicyclic amines) is 1. The summed E-state index contributed by atoms with van der Waals surface area (Å²) in [6.45, 7) is 4.40. The van der Waals surface area contributed by atoms with E-state index in [9.17, 15) is 18.0 Å². The second kappa shape index (κ2) is 8.22. The van der Waals surface area contributed by atoms with E-state index in [-0.39, 0.29) is 29.9 Å². The van der Waals surface area contributed by atoms with Crippen LogP contribution >= 0.6 is 0 Å². The Morgan fingerprint density at radius 1 is 1.21 bits per heavy atom. The number of rotatable bonds is 5. The first kappa shape index (κ1) is 21.5. The number of alkyl halides is 3. The zero-order valence-corrected chi connectivity index (χ0v) is 17.9. The number of fused-ring (bicyclic) bond motifs is 2. The second-order valence-corrected chi connectivity index (χ2v) is 8.03. The van der Waals surface area contributed by atoms with Crippen molar-refractivity contribution in [3.8, 4) is 22.8 Å². The zero-order valence-electron chi connectivity index (χ0n) is 17.9. The molecule has 5 rings (SSSR count). The van der Waals surface area contributed by atoms with Gasteiger partial charge in [0, 0.05) is 24.2 Å². The van der Waals surface area contributed by atoms with Crippen LogP contribution in [0.2, 0.25) is 0 Å². The summed E-state index contributed by atoms with van der Waals surface area (Å²) >= 11 is 0. The summed E-state index contributed by atoms with van der Waals surface area (Å²) in [6, 6.07) is 7.21. The van der Waals surface area contributed by atoms with Crippen LogP contribution < -0.4 is 14.8 Å². The molecule has 0 unspecified atom stereocenters. The van der Waals surface area contributed by atoms with Crippen molar-refractivity contribution in [3.63, 3.8) is 0 Å². The van der Waals surface area contributed by atoms with Gasteiger partial charge in [-0.25, -0.2) is 9.50 Å². The molecule has 0 aliphatic carbocycles. The lowest BCUT2D eigenvalue weighted by molar-refractivity contribution is -0.142. The van der Waals surface area contributed by atoms with E-state index in [1.807, 2.05) is 0 Å². The molecule has 1 fully saturated rings. The Bertz CT molecular complexity index is 1210. The molecule has 8 nitrogen and oxygen atoms in total. The fraction of sp³-hybridized carbons (Fsp3) is 0.409. The minimum Gasteiger partial charge on any atom is -0.454 e. The molecule has 0 bridgehead atoms. The van der Waals surface area contributed by atoms with Crippen LogP contribution in [0, 0.1) is 0 Å². The maximum Gasteiger partial charge on any atom is 0.433 e. The molecular formula is C22H22F3N5O3. The number of hydrogen-bond acceptors (Lipinski definition) is 6. The SMILES string of the molecule is CCN1CCC[C@@H]1CNC(=O)c1cc2nc(-c3ccc4c(c3)OCO4)cc(C(F)(F)F)n2n1. The van der Waals surface area contributed by atoms with Crippen molar-refractivity contribution in [2.24, 2.45) is 0 Å². The van der Waals surface area contributed by atoms with Gasteiger partial charge in [-0.05, 0) is 50.2 Å². The molecule has 33 heavy (non-hydrogen) atoms. The van der Waals surface area contributed by atoms with Crippen molar-refractivity contribution >= 4 is 11.6 Å². The average molecular weight is 461 g/mol. The van der Waals surface area contributed by atoms with Gasteiger partial charge in [0.05, 0.1) is 5.69 Å². The molecule has 1 N–H and O–H groups in total. The Hall–Kier alpha value is -3.34. The Kier molecular flexibility index (Phi) is 5.35. The molecule has 2 aromatic heterocycles. The van der Waals surface area contributed by atoms with Gasteiger partial charge in [-0.2, -0.15) is 18.3 Å². The molecule has 1 atom stereocenters. The number of ether oxygens (including phenoxy) is 2. The Balaban J connectivity index is 1.47. The van der Waals surface area contributed by atoms with Crippen LogP contribution in [0.4, 0.5) is 13.2 Å². The van der Waals surface area contributed by atoms with E-state index >= 15 is 0 Å². The van der Waals surface area contributed by atoms with Crippen LogP contribution in [-0.2, 0) is 6.18 Å². The van der Waals surface area contributed by atoms with Crippen molar-refractivity contribution in [2.75, 3.05) is 26.4 Å². The number of nitrogens with one attached hydrogen (secondary N) is 1. The molecule has 0 saturated carbocycles. The molecule has 4 heterocycles. The molecule has 0 spiro atoms. The summed E-state index contributed by atoms with van der Waals surface area (Å²) in [5.74, 6) is 0.425. The molecule has 1 aromatic carbocycles. The van der Waals surface area contributed by atoms with E-state index in [0.717, 1.165) is 32.0 Å². The lowest BCUT2D eigenvalue weighted by Gasteiger charge is -2.22. The Morgan fingerprint density at radius 2 is 2.03 bits per heavy atom. The first-order valence-electron chi connectivity index (χ1n) is 10.7. The number of carbonyl (C=O) groups is 1. The number of hydrogen-bond donors (Lipinski definition) is 1. The Labute approximate surface area is 187 Å². The third-order valence-corrected chi connectivity index (χ3v) is 6.02. The van der Waals surface area contributed by atoms with Crippen LogP contribution in [-0.4, -0.2) is 57.9 Å². The van der Waals surface area contributed by atoms with Gasteiger partial charge in [-0.15, -0.1) is 0 Å². The molecule has 3 aromatic rings. The van der Waals surface area contributed by atoms with E-state index in [2.05, 4.69) is 27.2 Å². The molecule has 1 amide bonds. The number of aromatic nitrogens is 3. The summed E-state index contributed by atoms with van der Waals surface area (Å²) in [7, 11) is 0.